The molecule has 2 aromatic heterocycles. The number of nitrogens with zero attached hydrogens (tertiary/aromatic N) is 1. The molecule has 3 nitrogen and oxygen atoms in total. The van der Waals surface area contributed by atoms with Crippen LogP contribution in [0.2, 0.25) is 0 Å². The molecule has 3 heteroatoms. The maximum absolute atomic E-state index is 4.49. The molecular formula is C19H13N3. The molecule has 0 spiro atoms. The molecule has 0 atom stereocenters. The van der Waals surface area contributed by atoms with Gasteiger partial charge in [0.1, 0.15) is 0 Å². The minimum absolute atomic E-state index is 0.996. The highest BCUT2D eigenvalue weighted by Crippen LogP contribution is 2.31. The second-order valence-corrected chi connectivity index (χ2v) is 5.55. The van der Waals surface area contributed by atoms with Gasteiger partial charge in [0.15, 0.2) is 0 Å². The molecule has 0 bridgehead atoms. The quantitative estimate of drug-likeness (QED) is 0.453. The molecule has 3 aromatic carbocycles. The standard InChI is InChI=1S/C19H13N3/c1-3-7-16-13(5-1)14-10-9-12(11-18(14)20-16)19-15-6-2-4-8-17(15)21-22-19/h1-11,20H,(H,21,22). The summed E-state index contributed by atoms with van der Waals surface area (Å²) in [5.41, 5.74) is 5.49. The third-order valence-corrected chi connectivity index (χ3v) is 4.25. The number of hydrogen-bond acceptors (Lipinski definition) is 1. The number of H-pyrrole nitrogens is 2. The Morgan fingerprint density at radius 2 is 1.36 bits per heavy atom. The third kappa shape index (κ3) is 1.53. The summed E-state index contributed by atoms with van der Waals surface area (Å²) in [7, 11) is 0. The average Bonchev–Trinajstić information content (AvgIpc) is 3.15. The lowest BCUT2D eigenvalue weighted by molar-refractivity contribution is 1.12. The van der Waals surface area contributed by atoms with Gasteiger partial charge in [0.2, 0.25) is 0 Å². The van der Waals surface area contributed by atoms with Crippen LogP contribution < -0.4 is 0 Å². The van der Waals surface area contributed by atoms with Gasteiger partial charge in [-0.15, -0.1) is 0 Å². The zero-order valence-electron chi connectivity index (χ0n) is 11.8. The Morgan fingerprint density at radius 3 is 2.27 bits per heavy atom. The van der Waals surface area contributed by atoms with Crippen LogP contribution >= 0.6 is 0 Å². The van der Waals surface area contributed by atoms with Crippen molar-refractivity contribution in [1.82, 2.24) is 15.2 Å². The van der Waals surface area contributed by atoms with Crippen LogP contribution in [-0.4, -0.2) is 15.2 Å². The van der Waals surface area contributed by atoms with Gasteiger partial charge in [-0.1, -0.05) is 48.5 Å². The number of hydrogen-bond donors (Lipinski definition) is 2. The number of nitrogens with one attached hydrogen (secondary N) is 2. The largest absolute Gasteiger partial charge is 0.354 e. The zero-order valence-corrected chi connectivity index (χ0v) is 11.8. The second-order valence-electron chi connectivity index (χ2n) is 5.55. The Labute approximate surface area is 126 Å². The fourth-order valence-corrected chi connectivity index (χ4v) is 3.19. The Kier molecular flexibility index (Phi) is 2.22. The monoisotopic (exact) mass is 283 g/mol. The van der Waals surface area contributed by atoms with E-state index in [-0.39, 0.29) is 0 Å². The zero-order chi connectivity index (χ0) is 14.5. The highest BCUT2D eigenvalue weighted by atomic mass is 15.1. The summed E-state index contributed by atoms with van der Waals surface area (Å²) in [6.07, 6.45) is 0. The predicted octanol–water partition coefficient (Wildman–Crippen LogP) is 4.86. The van der Waals surface area contributed by atoms with E-state index in [0.29, 0.717) is 0 Å². The van der Waals surface area contributed by atoms with Crippen molar-refractivity contribution in [3.8, 4) is 11.3 Å². The number of rotatable bonds is 1. The predicted molar refractivity (Wildman–Crippen MR) is 90.9 cm³/mol. The van der Waals surface area contributed by atoms with E-state index in [4.69, 9.17) is 0 Å². The first kappa shape index (κ1) is 11.6. The van der Waals surface area contributed by atoms with Gasteiger partial charge in [-0.05, 0) is 18.2 Å². The molecule has 0 aliphatic heterocycles. The van der Waals surface area contributed by atoms with Crippen LogP contribution in [0.4, 0.5) is 0 Å². The van der Waals surface area contributed by atoms with Crippen LogP contribution in [0.5, 0.6) is 0 Å². The van der Waals surface area contributed by atoms with Gasteiger partial charge in [0.05, 0.1) is 11.2 Å². The Balaban J connectivity index is 1.80. The summed E-state index contributed by atoms with van der Waals surface area (Å²) >= 11 is 0. The fourth-order valence-electron chi connectivity index (χ4n) is 3.19. The first-order chi connectivity index (χ1) is 10.9. The molecule has 0 unspecified atom stereocenters. The van der Waals surface area contributed by atoms with Crippen molar-refractivity contribution < 1.29 is 0 Å². The van der Waals surface area contributed by atoms with Gasteiger partial charge < -0.3 is 4.98 Å². The van der Waals surface area contributed by atoms with E-state index in [2.05, 4.69) is 63.7 Å². The van der Waals surface area contributed by atoms with Gasteiger partial charge in [0.25, 0.3) is 0 Å². The molecule has 0 aliphatic carbocycles. The summed E-state index contributed by atoms with van der Waals surface area (Å²) in [5, 5.41) is 11.2. The number of aromatic nitrogens is 3. The smallest absolute Gasteiger partial charge is 0.1000 e. The summed E-state index contributed by atoms with van der Waals surface area (Å²) in [5.74, 6) is 0. The topological polar surface area (TPSA) is 44.5 Å². The van der Waals surface area contributed by atoms with Crippen molar-refractivity contribution in [2.75, 3.05) is 0 Å². The number of fused-ring (bicyclic) bond motifs is 4. The number of aromatic amines is 2. The van der Waals surface area contributed by atoms with Gasteiger partial charge >= 0.3 is 0 Å². The first-order valence-electron chi connectivity index (χ1n) is 7.34. The lowest BCUT2D eigenvalue weighted by Gasteiger charge is -1.99. The van der Waals surface area contributed by atoms with Crippen molar-refractivity contribution in [2.24, 2.45) is 0 Å². The maximum Gasteiger partial charge on any atom is 0.1000 e. The average molecular weight is 283 g/mol. The minimum Gasteiger partial charge on any atom is -0.354 e. The highest BCUT2D eigenvalue weighted by molar-refractivity contribution is 6.08. The highest BCUT2D eigenvalue weighted by Gasteiger charge is 2.10. The van der Waals surface area contributed by atoms with Crippen LogP contribution in [0, 0.1) is 0 Å². The summed E-state index contributed by atoms with van der Waals surface area (Å²) in [6.45, 7) is 0. The molecule has 5 aromatic rings. The van der Waals surface area contributed by atoms with E-state index < -0.39 is 0 Å². The van der Waals surface area contributed by atoms with Crippen LogP contribution in [0.25, 0.3) is 44.0 Å². The summed E-state index contributed by atoms with van der Waals surface area (Å²) in [6, 6.07) is 23.1. The summed E-state index contributed by atoms with van der Waals surface area (Å²) in [4.78, 5) is 3.49. The number of para-hydroxylation sites is 2. The van der Waals surface area contributed by atoms with Crippen molar-refractivity contribution in [3.05, 3.63) is 66.7 Å². The van der Waals surface area contributed by atoms with Crippen LogP contribution in [0.1, 0.15) is 0 Å². The van der Waals surface area contributed by atoms with E-state index in [9.17, 15) is 0 Å². The van der Waals surface area contributed by atoms with Crippen molar-refractivity contribution in [2.45, 2.75) is 0 Å². The molecule has 0 saturated carbocycles. The second kappa shape index (κ2) is 4.21. The minimum atomic E-state index is 0.996. The lowest BCUT2D eigenvalue weighted by Crippen LogP contribution is -1.79. The molecule has 0 amide bonds. The molecule has 0 radical (unpaired) electrons. The fraction of sp³-hybridized carbons (Fsp3) is 0. The molecule has 2 N–H and O–H groups in total. The van der Waals surface area contributed by atoms with Crippen LogP contribution in [0.3, 0.4) is 0 Å². The molecule has 2 heterocycles. The molecule has 0 aliphatic rings. The molecule has 22 heavy (non-hydrogen) atoms. The normalized spacial score (nSPS) is 11.6. The van der Waals surface area contributed by atoms with E-state index in [1.54, 1.807) is 0 Å². The lowest BCUT2D eigenvalue weighted by atomic mass is 10.1. The van der Waals surface area contributed by atoms with E-state index in [1.807, 2.05) is 18.2 Å². The molecule has 0 fully saturated rings. The molecule has 5 rings (SSSR count). The Morgan fingerprint density at radius 1 is 0.636 bits per heavy atom. The molecule has 104 valence electrons. The third-order valence-electron chi connectivity index (χ3n) is 4.25. The Hall–Kier alpha value is -3.07. The van der Waals surface area contributed by atoms with Crippen LogP contribution in [-0.2, 0) is 0 Å². The van der Waals surface area contributed by atoms with Gasteiger partial charge in [-0.2, -0.15) is 5.10 Å². The maximum atomic E-state index is 4.49. The number of benzene rings is 3. The van der Waals surface area contributed by atoms with Crippen LogP contribution in [0.15, 0.2) is 66.7 Å². The molecule has 0 saturated heterocycles. The molecular weight excluding hydrogens is 270 g/mol. The van der Waals surface area contributed by atoms with Gasteiger partial charge in [-0.3, -0.25) is 5.10 Å². The first-order valence-corrected chi connectivity index (χ1v) is 7.34. The van der Waals surface area contributed by atoms with E-state index in [1.165, 1.54) is 16.3 Å². The SMILES string of the molecule is c1ccc2c(-c3ccc4c(c3)[nH]c3ccccc34)n[nH]c2c1. The van der Waals surface area contributed by atoms with Crippen molar-refractivity contribution in [3.63, 3.8) is 0 Å². The Bertz CT molecular complexity index is 1130. The van der Waals surface area contributed by atoms with Gasteiger partial charge in [0, 0.05) is 32.8 Å². The van der Waals surface area contributed by atoms with Gasteiger partial charge in [-0.25, -0.2) is 0 Å². The van der Waals surface area contributed by atoms with E-state index >= 15 is 0 Å². The summed E-state index contributed by atoms with van der Waals surface area (Å²) < 4.78 is 0. The van der Waals surface area contributed by atoms with Crippen molar-refractivity contribution >= 4 is 32.7 Å². The van der Waals surface area contributed by atoms with Crippen molar-refractivity contribution in [1.29, 1.82) is 0 Å². The van der Waals surface area contributed by atoms with E-state index in [0.717, 1.165) is 27.7 Å².